The first-order valence-electron chi connectivity index (χ1n) is 9.06. The minimum atomic E-state index is 0.630. The summed E-state index contributed by atoms with van der Waals surface area (Å²) in [5.74, 6) is 1.74. The van der Waals surface area contributed by atoms with E-state index >= 15 is 0 Å². The van der Waals surface area contributed by atoms with Gasteiger partial charge in [0.15, 0.2) is 0 Å². The maximum absolute atomic E-state index is 4.93. The lowest BCUT2D eigenvalue weighted by atomic mass is 10.1. The molecule has 1 aromatic carbocycles. The molecule has 3 aromatic heterocycles. The van der Waals surface area contributed by atoms with Crippen LogP contribution in [-0.2, 0) is 13.1 Å². The number of hydrogen-bond donors (Lipinski definition) is 0. The quantitative estimate of drug-likeness (QED) is 0.498. The summed E-state index contributed by atoms with van der Waals surface area (Å²) in [5, 5.41) is 3.26. The maximum atomic E-state index is 4.93. The first kappa shape index (κ1) is 18.5. The monoisotopic (exact) mass is 390 g/mol. The van der Waals surface area contributed by atoms with Crippen molar-refractivity contribution in [3.63, 3.8) is 0 Å². The van der Waals surface area contributed by atoms with E-state index in [0.29, 0.717) is 13.1 Å². The number of nitrogens with zero attached hydrogens (tertiary/aromatic N) is 6. The third kappa shape index (κ3) is 3.85. The third-order valence-electron chi connectivity index (χ3n) is 4.38. The Balaban J connectivity index is 1.84. The van der Waals surface area contributed by atoms with Crippen LogP contribution in [0, 0.1) is 0 Å². The zero-order chi connectivity index (χ0) is 19.5. The van der Waals surface area contributed by atoms with E-state index in [-0.39, 0.29) is 0 Å². The number of aromatic nitrogens is 4. The van der Waals surface area contributed by atoms with Crippen molar-refractivity contribution in [2.24, 2.45) is 0 Å². The van der Waals surface area contributed by atoms with Crippen LogP contribution < -0.4 is 4.90 Å². The zero-order valence-electron chi connectivity index (χ0n) is 16.2. The molecule has 0 bridgehead atoms. The van der Waals surface area contributed by atoms with Crippen LogP contribution in [0.2, 0.25) is 0 Å². The van der Waals surface area contributed by atoms with Crippen molar-refractivity contribution in [3.05, 3.63) is 65.8 Å². The van der Waals surface area contributed by atoms with Gasteiger partial charge in [-0.3, -0.25) is 9.97 Å². The molecule has 3 heterocycles. The van der Waals surface area contributed by atoms with Gasteiger partial charge in [-0.2, -0.15) is 0 Å². The van der Waals surface area contributed by atoms with Crippen LogP contribution in [0.1, 0.15) is 11.5 Å². The average molecular weight is 391 g/mol. The summed E-state index contributed by atoms with van der Waals surface area (Å²) in [6, 6.07) is 10.4. The third-order valence-corrected chi connectivity index (χ3v) is 5.25. The minimum Gasteiger partial charge on any atom is -0.353 e. The van der Waals surface area contributed by atoms with Gasteiger partial charge in [0.2, 0.25) is 0 Å². The minimum absolute atomic E-state index is 0.630. The molecule has 0 fully saturated rings. The predicted octanol–water partition coefficient (Wildman–Crippen LogP) is 3.85. The lowest BCUT2D eigenvalue weighted by Gasteiger charge is -2.20. The number of rotatable bonds is 6. The Morgan fingerprint density at radius 2 is 1.79 bits per heavy atom. The SMILES string of the molecule is CN(C)Cc1nc(N(C)Cc2cnccn2)c2c(-c3ccccc3)csc2n1. The standard InChI is InChI=1S/C21H22N6S/c1-26(2)13-18-24-20(27(3)12-16-11-22-9-10-23-16)19-17(14-28-21(19)25-18)15-7-5-4-6-8-15/h4-11,14H,12-13H2,1-3H3. The van der Waals surface area contributed by atoms with Crippen LogP contribution in [0.4, 0.5) is 5.82 Å². The van der Waals surface area contributed by atoms with Gasteiger partial charge in [-0.15, -0.1) is 11.3 Å². The molecule has 4 rings (SSSR count). The first-order chi connectivity index (χ1) is 13.6. The van der Waals surface area contributed by atoms with E-state index in [0.717, 1.165) is 33.1 Å². The van der Waals surface area contributed by atoms with Crippen molar-refractivity contribution in [3.8, 4) is 11.1 Å². The Hall–Kier alpha value is -2.90. The summed E-state index contributed by atoms with van der Waals surface area (Å²) < 4.78 is 0. The van der Waals surface area contributed by atoms with Crippen molar-refractivity contribution < 1.29 is 0 Å². The lowest BCUT2D eigenvalue weighted by Crippen LogP contribution is -2.21. The van der Waals surface area contributed by atoms with Gasteiger partial charge in [0.25, 0.3) is 0 Å². The van der Waals surface area contributed by atoms with Crippen molar-refractivity contribution >= 4 is 27.4 Å². The summed E-state index contributed by atoms with van der Waals surface area (Å²) in [4.78, 5) is 23.6. The second-order valence-electron chi connectivity index (χ2n) is 6.95. The summed E-state index contributed by atoms with van der Waals surface area (Å²) in [7, 11) is 6.10. The highest BCUT2D eigenvalue weighted by molar-refractivity contribution is 7.17. The van der Waals surface area contributed by atoms with Gasteiger partial charge in [-0.1, -0.05) is 30.3 Å². The molecular weight excluding hydrogens is 368 g/mol. The smallest absolute Gasteiger partial charge is 0.146 e. The molecule has 28 heavy (non-hydrogen) atoms. The number of benzene rings is 1. The van der Waals surface area contributed by atoms with E-state index in [1.54, 1.807) is 29.9 Å². The van der Waals surface area contributed by atoms with E-state index < -0.39 is 0 Å². The highest BCUT2D eigenvalue weighted by Crippen LogP contribution is 2.38. The van der Waals surface area contributed by atoms with Crippen LogP contribution in [0.5, 0.6) is 0 Å². The second kappa shape index (κ2) is 8.00. The van der Waals surface area contributed by atoms with E-state index in [2.05, 4.69) is 49.4 Å². The number of thiophene rings is 1. The Morgan fingerprint density at radius 3 is 2.50 bits per heavy atom. The topological polar surface area (TPSA) is 58.0 Å². The fraction of sp³-hybridized carbons (Fsp3) is 0.238. The molecule has 0 radical (unpaired) electrons. The van der Waals surface area contributed by atoms with Gasteiger partial charge in [-0.25, -0.2) is 9.97 Å². The van der Waals surface area contributed by atoms with Crippen LogP contribution in [0.25, 0.3) is 21.3 Å². The lowest BCUT2D eigenvalue weighted by molar-refractivity contribution is 0.391. The largest absolute Gasteiger partial charge is 0.353 e. The number of hydrogen-bond acceptors (Lipinski definition) is 7. The van der Waals surface area contributed by atoms with Crippen molar-refractivity contribution in [2.75, 3.05) is 26.0 Å². The molecule has 0 saturated heterocycles. The number of anilines is 1. The van der Waals surface area contributed by atoms with E-state index in [1.807, 2.05) is 27.2 Å². The summed E-state index contributed by atoms with van der Waals surface area (Å²) >= 11 is 1.66. The molecule has 4 aromatic rings. The molecule has 0 spiro atoms. The van der Waals surface area contributed by atoms with Crippen molar-refractivity contribution in [1.82, 2.24) is 24.8 Å². The molecule has 0 aliphatic rings. The van der Waals surface area contributed by atoms with Crippen molar-refractivity contribution in [2.45, 2.75) is 13.1 Å². The Labute approximate surface area is 168 Å². The van der Waals surface area contributed by atoms with Gasteiger partial charge in [0.05, 0.1) is 30.4 Å². The molecule has 142 valence electrons. The number of fused-ring (bicyclic) bond motifs is 1. The first-order valence-corrected chi connectivity index (χ1v) is 9.94. The highest BCUT2D eigenvalue weighted by Gasteiger charge is 2.18. The summed E-state index contributed by atoms with van der Waals surface area (Å²) in [6.45, 7) is 1.33. The fourth-order valence-electron chi connectivity index (χ4n) is 3.16. The highest BCUT2D eigenvalue weighted by atomic mass is 32.1. The molecule has 0 aliphatic carbocycles. The van der Waals surface area contributed by atoms with Crippen LogP contribution in [0.15, 0.2) is 54.3 Å². The van der Waals surface area contributed by atoms with Gasteiger partial charge >= 0.3 is 0 Å². The van der Waals surface area contributed by atoms with Gasteiger partial charge in [-0.05, 0) is 19.7 Å². The molecule has 7 heteroatoms. The fourth-order valence-corrected chi connectivity index (χ4v) is 4.12. The van der Waals surface area contributed by atoms with Crippen LogP contribution in [-0.4, -0.2) is 46.0 Å². The second-order valence-corrected chi connectivity index (χ2v) is 7.81. The van der Waals surface area contributed by atoms with Crippen LogP contribution >= 0.6 is 11.3 Å². The molecule has 0 unspecified atom stereocenters. The van der Waals surface area contributed by atoms with E-state index in [9.17, 15) is 0 Å². The Bertz CT molecular complexity index is 1060. The Kier molecular flexibility index (Phi) is 5.27. The summed E-state index contributed by atoms with van der Waals surface area (Å²) in [6.07, 6.45) is 5.20. The maximum Gasteiger partial charge on any atom is 0.146 e. The molecular formula is C21H22N6S. The molecule has 0 amide bonds. The Morgan fingerprint density at radius 1 is 0.964 bits per heavy atom. The molecule has 0 atom stereocenters. The predicted molar refractivity (Wildman–Crippen MR) is 114 cm³/mol. The van der Waals surface area contributed by atoms with Gasteiger partial charge < -0.3 is 9.80 Å². The van der Waals surface area contributed by atoms with Crippen molar-refractivity contribution in [1.29, 1.82) is 0 Å². The van der Waals surface area contributed by atoms with E-state index in [4.69, 9.17) is 9.97 Å². The molecule has 0 saturated carbocycles. The molecule has 0 N–H and O–H groups in total. The van der Waals surface area contributed by atoms with Gasteiger partial charge in [0.1, 0.15) is 16.5 Å². The summed E-state index contributed by atoms with van der Waals surface area (Å²) in [5.41, 5.74) is 3.24. The normalized spacial score (nSPS) is 11.3. The van der Waals surface area contributed by atoms with Gasteiger partial charge in [0, 0.05) is 30.4 Å². The van der Waals surface area contributed by atoms with Crippen LogP contribution in [0.3, 0.4) is 0 Å². The zero-order valence-corrected chi connectivity index (χ0v) is 17.0. The molecule has 0 aliphatic heterocycles. The molecule has 6 nitrogen and oxygen atoms in total. The average Bonchev–Trinajstić information content (AvgIpc) is 3.12. The van der Waals surface area contributed by atoms with E-state index in [1.165, 1.54) is 5.56 Å².